The molecule has 1 saturated heterocycles. The van der Waals surface area contributed by atoms with Crippen LogP contribution in [0.15, 0.2) is 95.4 Å². The van der Waals surface area contributed by atoms with E-state index >= 15 is 0 Å². The summed E-state index contributed by atoms with van der Waals surface area (Å²) < 4.78 is 29.0. The van der Waals surface area contributed by atoms with Crippen molar-refractivity contribution < 1.29 is 37.7 Å². The van der Waals surface area contributed by atoms with Crippen molar-refractivity contribution in [3.63, 3.8) is 0 Å². The molecule has 0 saturated carbocycles. The van der Waals surface area contributed by atoms with E-state index in [0.717, 1.165) is 0 Å². The van der Waals surface area contributed by atoms with Gasteiger partial charge in [-0.3, -0.25) is 0 Å². The van der Waals surface area contributed by atoms with Gasteiger partial charge < -0.3 is 23.4 Å². The number of ether oxygens (including phenoxy) is 4. The van der Waals surface area contributed by atoms with Gasteiger partial charge in [-0.25, -0.2) is 14.4 Å². The van der Waals surface area contributed by atoms with Crippen molar-refractivity contribution in [3.05, 3.63) is 119 Å². The first-order valence-electron chi connectivity index (χ1n) is 12.2. The largest absolute Gasteiger partial charge is 0.452 e. The fraction of sp³-hybridized carbons (Fsp3) is 0.207. The molecule has 0 N–H and O–H groups in total. The average Bonchev–Trinajstić information content (AvgIpc) is 3.41. The molecule has 1 aliphatic rings. The number of hydrogen-bond acceptors (Lipinski definition) is 10. The lowest BCUT2D eigenvalue weighted by atomic mass is 9.98. The quantitative estimate of drug-likeness (QED) is 0.255. The van der Waals surface area contributed by atoms with Crippen LogP contribution in [0.25, 0.3) is 0 Å². The summed E-state index contributed by atoms with van der Waals surface area (Å²) in [7, 11) is 0. The fourth-order valence-corrected chi connectivity index (χ4v) is 4.10. The maximum Gasteiger partial charge on any atom is 0.338 e. The molecule has 0 spiro atoms. The van der Waals surface area contributed by atoms with Crippen molar-refractivity contribution in [1.82, 2.24) is 10.2 Å². The lowest BCUT2D eigenvalue weighted by molar-refractivity contribution is -0.197. The number of carbonyl (C=O) groups excluding carboxylic acids is 3. The van der Waals surface area contributed by atoms with Crippen molar-refractivity contribution >= 4 is 17.9 Å². The number of benzene rings is 3. The number of carbonyl (C=O) groups is 3. The second kappa shape index (κ2) is 11.7. The SMILES string of the molecule is Cc1nnc([C@@H]2OC[C@H](OC(=O)c3ccccc3)[C@H](OC(=O)c3ccccc3)[C@H]2OC(=O)c2ccccc2)o1. The van der Waals surface area contributed by atoms with Crippen LogP contribution in [0.2, 0.25) is 0 Å². The second-order valence-electron chi connectivity index (χ2n) is 8.69. The van der Waals surface area contributed by atoms with Crippen LogP contribution >= 0.6 is 0 Å². The first-order chi connectivity index (χ1) is 19.0. The summed E-state index contributed by atoms with van der Waals surface area (Å²) in [5, 5.41) is 7.87. The Labute approximate surface area is 223 Å². The average molecular weight is 529 g/mol. The zero-order chi connectivity index (χ0) is 27.2. The minimum atomic E-state index is -1.30. The third-order valence-corrected chi connectivity index (χ3v) is 5.99. The highest BCUT2D eigenvalue weighted by Gasteiger charge is 2.50. The molecule has 5 rings (SSSR count). The Morgan fingerprint density at radius 2 is 1.13 bits per heavy atom. The van der Waals surface area contributed by atoms with E-state index in [1.54, 1.807) is 97.9 Å². The van der Waals surface area contributed by atoms with Crippen LogP contribution in [-0.4, -0.2) is 53.0 Å². The van der Waals surface area contributed by atoms with Crippen LogP contribution in [0.1, 0.15) is 49.0 Å². The topological polar surface area (TPSA) is 127 Å². The normalized spacial score (nSPS) is 20.5. The van der Waals surface area contributed by atoms with Crippen molar-refractivity contribution in [1.29, 1.82) is 0 Å². The predicted octanol–water partition coefficient (Wildman–Crippen LogP) is 4.13. The number of nitrogens with zero attached hydrogens (tertiary/aromatic N) is 2. The van der Waals surface area contributed by atoms with Crippen LogP contribution in [0, 0.1) is 6.92 Å². The molecule has 198 valence electrons. The minimum absolute atomic E-state index is 0.0203. The molecule has 4 atom stereocenters. The van der Waals surface area contributed by atoms with Gasteiger partial charge in [0.05, 0.1) is 23.3 Å². The van der Waals surface area contributed by atoms with Gasteiger partial charge in [0.2, 0.25) is 11.8 Å². The predicted molar refractivity (Wildman–Crippen MR) is 135 cm³/mol. The van der Waals surface area contributed by atoms with E-state index in [1.165, 1.54) is 0 Å². The number of hydrogen-bond donors (Lipinski definition) is 0. The van der Waals surface area contributed by atoms with Crippen LogP contribution in [-0.2, 0) is 18.9 Å². The van der Waals surface area contributed by atoms with E-state index in [2.05, 4.69) is 10.2 Å². The number of esters is 3. The highest BCUT2D eigenvalue weighted by Crippen LogP contribution is 2.34. The third-order valence-electron chi connectivity index (χ3n) is 5.99. The first kappa shape index (κ1) is 25.8. The molecule has 4 aromatic rings. The molecule has 10 nitrogen and oxygen atoms in total. The van der Waals surface area contributed by atoms with Gasteiger partial charge in [0.25, 0.3) is 0 Å². The van der Waals surface area contributed by atoms with E-state index in [0.29, 0.717) is 0 Å². The lowest BCUT2D eigenvalue weighted by Crippen LogP contribution is -2.54. The summed E-state index contributed by atoms with van der Waals surface area (Å²) in [5.74, 6) is -1.79. The molecule has 1 fully saturated rings. The smallest absolute Gasteiger partial charge is 0.338 e. The third kappa shape index (κ3) is 6.02. The number of aryl methyl sites for hydroxylation is 1. The zero-order valence-electron chi connectivity index (χ0n) is 20.8. The van der Waals surface area contributed by atoms with Crippen molar-refractivity contribution in [2.75, 3.05) is 6.61 Å². The van der Waals surface area contributed by atoms with E-state index < -0.39 is 42.3 Å². The molecule has 2 heterocycles. The molecule has 0 radical (unpaired) electrons. The Morgan fingerprint density at radius 3 is 1.59 bits per heavy atom. The molecule has 0 bridgehead atoms. The van der Waals surface area contributed by atoms with Gasteiger partial charge in [-0.2, -0.15) is 0 Å². The Morgan fingerprint density at radius 1 is 0.667 bits per heavy atom. The molecular formula is C29H24N2O8. The van der Waals surface area contributed by atoms with E-state index in [4.69, 9.17) is 23.4 Å². The van der Waals surface area contributed by atoms with Gasteiger partial charge in [-0.05, 0) is 36.4 Å². The lowest BCUT2D eigenvalue weighted by Gasteiger charge is -2.39. The molecule has 1 aromatic heterocycles. The summed E-state index contributed by atoms with van der Waals surface area (Å²) in [5.41, 5.74) is 0.808. The van der Waals surface area contributed by atoms with Crippen LogP contribution < -0.4 is 0 Å². The summed E-state index contributed by atoms with van der Waals surface area (Å²) in [6, 6.07) is 24.9. The van der Waals surface area contributed by atoms with Gasteiger partial charge in [0, 0.05) is 6.92 Å². The molecule has 39 heavy (non-hydrogen) atoms. The molecule has 0 amide bonds. The zero-order valence-corrected chi connectivity index (χ0v) is 20.8. The minimum Gasteiger partial charge on any atom is -0.452 e. The molecule has 1 aliphatic heterocycles. The first-order valence-corrected chi connectivity index (χ1v) is 12.2. The maximum atomic E-state index is 13.2. The standard InChI is InChI=1S/C29H24N2O8/c1-18-30-31-26(36-18)25-24(39-29(34)21-15-9-4-10-16-21)23(38-28(33)20-13-7-3-8-14-20)22(17-35-25)37-27(32)19-11-5-2-6-12-19/h2-16,22-25H,17H2,1H3/t22-,23-,24+,25+/m0/s1. The number of aromatic nitrogens is 2. The van der Waals surface area contributed by atoms with Gasteiger partial charge >= 0.3 is 17.9 Å². The van der Waals surface area contributed by atoms with E-state index in [-0.39, 0.29) is 35.1 Å². The number of rotatable bonds is 7. The summed E-state index contributed by atoms with van der Waals surface area (Å²) in [4.78, 5) is 39.3. The Hall–Kier alpha value is -4.83. The van der Waals surface area contributed by atoms with Crippen molar-refractivity contribution in [2.45, 2.75) is 31.3 Å². The molecule has 3 aromatic carbocycles. The molecule has 10 heteroatoms. The van der Waals surface area contributed by atoms with E-state index in [1.807, 2.05) is 0 Å². The van der Waals surface area contributed by atoms with E-state index in [9.17, 15) is 14.4 Å². The Kier molecular flexibility index (Phi) is 7.74. The van der Waals surface area contributed by atoms with Crippen LogP contribution in [0.4, 0.5) is 0 Å². The second-order valence-corrected chi connectivity index (χ2v) is 8.69. The van der Waals surface area contributed by atoms with Crippen molar-refractivity contribution in [3.8, 4) is 0 Å². The molecule has 0 unspecified atom stereocenters. The summed E-state index contributed by atoms with van der Waals surface area (Å²) >= 11 is 0. The van der Waals surface area contributed by atoms with Crippen molar-refractivity contribution in [2.24, 2.45) is 0 Å². The van der Waals surface area contributed by atoms with Crippen LogP contribution in [0.5, 0.6) is 0 Å². The monoisotopic (exact) mass is 528 g/mol. The fourth-order valence-electron chi connectivity index (χ4n) is 4.10. The highest BCUT2D eigenvalue weighted by atomic mass is 16.6. The van der Waals surface area contributed by atoms with Gasteiger partial charge in [-0.1, -0.05) is 54.6 Å². The summed E-state index contributed by atoms with van der Waals surface area (Å²) in [6.07, 6.45) is -4.80. The molecule has 0 aliphatic carbocycles. The van der Waals surface area contributed by atoms with Gasteiger partial charge in [0.1, 0.15) is 0 Å². The van der Waals surface area contributed by atoms with Crippen LogP contribution in [0.3, 0.4) is 0 Å². The maximum absolute atomic E-state index is 13.2. The Balaban J connectivity index is 1.50. The summed E-state index contributed by atoms with van der Waals surface area (Å²) in [6.45, 7) is 1.40. The highest BCUT2D eigenvalue weighted by molar-refractivity contribution is 5.91. The molecular weight excluding hydrogens is 504 g/mol. The Bertz CT molecular complexity index is 1430. The van der Waals surface area contributed by atoms with Gasteiger partial charge in [0.15, 0.2) is 24.4 Å². The van der Waals surface area contributed by atoms with Gasteiger partial charge in [-0.15, -0.1) is 10.2 Å².